The molecule has 0 bridgehead atoms. The van der Waals surface area contributed by atoms with Crippen molar-refractivity contribution in [3.05, 3.63) is 104 Å². The molecule has 172 valence electrons. The maximum absolute atomic E-state index is 13.3. The summed E-state index contributed by atoms with van der Waals surface area (Å²) in [5.41, 5.74) is 0.581. The van der Waals surface area contributed by atoms with Crippen LogP contribution in [0.3, 0.4) is 0 Å². The minimum Gasteiger partial charge on any atom is -0.439 e. The number of ether oxygens (including phenoxy) is 1. The van der Waals surface area contributed by atoms with E-state index in [0.717, 1.165) is 18.4 Å². The van der Waals surface area contributed by atoms with Gasteiger partial charge in [-0.25, -0.2) is 19.1 Å². The van der Waals surface area contributed by atoms with Crippen molar-refractivity contribution in [2.24, 2.45) is 5.92 Å². The third kappa shape index (κ3) is 5.18. The predicted octanol–water partition coefficient (Wildman–Crippen LogP) is 4.45. The van der Waals surface area contributed by atoms with E-state index in [1.54, 1.807) is 48.7 Å². The Hall–Kier alpha value is -3.91. The Kier molecular flexibility index (Phi) is 6.14. The molecule has 0 atom stereocenters. The highest BCUT2D eigenvalue weighted by Gasteiger charge is 2.25. The third-order valence-electron chi connectivity index (χ3n) is 5.51. The monoisotopic (exact) mass is 475 g/mol. The molecule has 4 aromatic rings. The zero-order valence-electron chi connectivity index (χ0n) is 18.2. The molecular formula is C25H22ClN5O3. The van der Waals surface area contributed by atoms with Crippen molar-refractivity contribution in [3.8, 4) is 11.6 Å². The maximum Gasteiger partial charge on any atom is 0.354 e. The summed E-state index contributed by atoms with van der Waals surface area (Å²) in [6.07, 6.45) is 3.70. The summed E-state index contributed by atoms with van der Waals surface area (Å²) in [7, 11) is 0. The lowest BCUT2D eigenvalue weighted by Crippen LogP contribution is -2.43. The molecule has 0 radical (unpaired) electrons. The highest BCUT2D eigenvalue weighted by Crippen LogP contribution is 2.29. The molecule has 8 nitrogen and oxygen atoms in total. The Morgan fingerprint density at radius 3 is 2.41 bits per heavy atom. The molecule has 0 amide bonds. The van der Waals surface area contributed by atoms with Gasteiger partial charge in [-0.3, -0.25) is 4.57 Å². The molecule has 0 spiro atoms. The molecule has 0 aliphatic heterocycles. The van der Waals surface area contributed by atoms with E-state index in [0.29, 0.717) is 34.8 Å². The molecule has 1 aliphatic rings. The molecule has 1 saturated carbocycles. The SMILES string of the molecule is O=c1nc(Nc2ccc(Oc3ccccn3)cc2)n(Cc2ccc(Cl)cc2)c(=O)n1CC1CC1. The number of benzene rings is 2. The number of anilines is 2. The van der Waals surface area contributed by atoms with Crippen molar-refractivity contribution in [2.75, 3.05) is 5.32 Å². The first kappa shape index (κ1) is 21.9. The number of rotatable bonds is 8. The van der Waals surface area contributed by atoms with E-state index in [4.69, 9.17) is 16.3 Å². The molecule has 0 saturated heterocycles. The van der Waals surface area contributed by atoms with E-state index in [2.05, 4.69) is 15.3 Å². The Bertz CT molecular complexity index is 1400. The number of hydrogen-bond acceptors (Lipinski definition) is 6. The Balaban J connectivity index is 1.44. The van der Waals surface area contributed by atoms with Gasteiger partial charge in [0.2, 0.25) is 11.8 Å². The summed E-state index contributed by atoms with van der Waals surface area (Å²) in [5, 5.41) is 3.72. The lowest BCUT2D eigenvalue weighted by Gasteiger charge is -2.16. The fraction of sp³-hybridized carbons (Fsp3) is 0.200. The molecular weight excluding hydrogens is 454 g/mol. The maximum atomic E-state index is 13.3. The van der Waals surface area contributed by atoms with Crippen LogP contribution in [-0.2, 0) is 13.1 Å². The first-order valence-electron chi connectivity index (χ1n) is 11.0. The van der Waals surface area contributed by atoms with E-state index in [1.165, 1.54) is 9.13 Å². The molecule has 1 fully saturated rings. The number of hydrogen-bond donors (Lipinski definition) is 1. The average Bonchev–Trinajstić information content (AvgIpc) is 3.67. The van der Waals surface area contributed by atoms with Gasteiger partial charge >= 0.3 is 11.4 Å². The topological polar surface area (TPSA) is 91.0 Å². The number of halogens is 1. The van der Waals surface area contributed by atoms with Crippen LogP contribution >= 0.6 is 11.6 Å². The number of pyridine rings is 1. The Morgan fingerprint density at radius 2 is 1.74 bits per heavy atom. The van der Waals surface area contributed by atoms with Gasteiger partial charge in [0.25, 0.3) is 0 Å². The van der Waals surface area contributed by atoms with Crippen molar-refractivity contribution >= 4 is 23.2 Å². The molecule has 2 aromatic carbocycles. The number of aromatic nitrogens is 4. The summed E-state index contributed by atoms with van der Waals surface area (Å²) in [6, 6.07) is 19.8. The van der Waals surface area contributed by atoms with Gasteiger partial charge in [-0.1, -0.05) is 29.8 Å². The number of nitrogens with one attached hydrogen (secondary N) is 1. The van der Waals surface area contributed by atoms with Crippen LogP contribution in [0.25, 0.3) is 0 Å². The van der Waals surface area contributed by atoms with E-state index < -0.39 is 5.69 Å². The summed E-state index contributed by atoms with van der Waals surface area (Å²) in [6.45, 7) is 0.641. The first-order chi connectivity index (χ1) is 16.5. The Labute approximate surface area is 200 Å². The second-order valence-electron chi connectivity index (χ2n) is 8.19. The fourth-order valence-corrected chi connectivity index (χ4v) is 3.64. The summed E-state index contributed by atoms with van der Waals surface area (Å²) < 4.78 is 8.42. The van der Waals surface area contributed by atoms with Gasteiger partial charge in [-0.2, -0.15) is 4.98 Å². The van der Waals surface area contributed by atoms with Gasteiger partial charge in [-0.15, -0.1) is 0 Å². The highest BCUT2D eigenvalue weighted by atomic mass is 35.5. The van der Waals surface area contributed by atoms with Crippen LogP contribution in [0, 0.1) is 5.92 Å². The highest BCUT2D eigenvalue weighted by molar-refractivity contribution is 6.30. The third-order valence-corrected chi connectivity index (χ3v) is 5.76. The molecule has 9 heteroatoms. The van der Waals surface area contributed by atoms with Crippen molar-refractivity contribution in [1.82, 2.24) is 19.1 Å². The van der Waals surface area contributed by atoms with Crippen LogP contribution in [0.4, 0.5) is 11.6 Å². The molecule has 34 heavy (non-hydrogen) atoms. The van der Waals surface area contributed by atoms with Crippen molar-refractivity contribution in [1.29, 1.82) is 0 Å². The lowest BCUT2D eigenvalue weighted by atomic mass is 10.2. The summed E-state index contributed by atoms with van der Waals surface area (Å²) in [4.78, 5) is 34.3. The second kappa shape index (κ2) is 9.52. The minimum absolute atomic E-state index is 0.176. The van der Waals surface area contributed by atoms with Crippen LogP contribution in [0.15, 0.2) is 82.5 Å². The van der Waals surface area contributed by atoms with E-state index in [9.17, 15) is 9.59 Å². The van der Waals surface area contributed by atoms with Crippen LogP contribution in [0.2, 0.25) is 5.02 Å². The van der Waals surface area contributed by atoms with Crippen LogP contribution < -0.4 is 21.4 Å². The molecule has 5 rings (SSSR count). The van der Waals surface area contributed by atoms with Crippen molar-refractivity contribution in [3.63, 3.8) is 0 Å². The number of nitrogens with zero attached hydrogens (tertiary/aromatic N) is 4. The molecule has 1 aliphatic carbocycles. The molecule has 0 unspecified atom stereocenters. The summed E-state index contributed by atoms with van der Waals surface area (Å²) >= 11 is 6.01. The largest absolute Gasteiger partial charge is 0.439 e. The second-order valence-corrected chi connectivity index (χ2v) is 8.62. The lowest BCUT2D eigenvalue weighted by molar-refractivity contribution is 0.463. The van der Waals surface area contributed by atoms with Gasteiger partial charge < -0.3 is 10.1 Å². The van der Waals surface area contributed by atoms with E-state index >= 15 is 0 Å². The molecule has 2 aromatic heterocycles. The zero-order valence-corrected chi connectivity index (χ0v) is 19.0. The van der Waals surface area contributed by atoms with Crippen molar-refractivity contribution < 1.29 is 4.74 Å². The van der Waals surface area contributed by atoms with Gasteiger partial charge in [-0.05, 0) is 66.8 Å². The van der Waals surface area contributed by atoms with Crippen LogP contribution in [0.5, 0.6) is 11.6 Å². The predicted molar refractivity (Wildman–Crippen MR) is 130 cm³/mol. The summed E-state index contributed by atoms with van der Waals surface area (Å²) in [5.74, 6) is 1.63. The molecule has 2 heterocycles. The minimum atomic E-state index is -0.554. The fourth-order valence-electron chi connectivity index (χ4n) is 3.52. The zero-order chi connectivity index (χ0) is 23.5. The van der Waals surface area contributed by atoms with Gasteiger partial charge in [0.15, 0.2) is 0 Å². The van der Waals surface area contributed by atoms with Gasteiger partial charge in [0.05, 0.1) is 6.54 Å². The normalized spacial score (nSPS) is 13.0. The molecule has 1 N–H and O–H groups in total. The van der Waals surface area contributed by atoms with Crippen molar-refractivity contribution in [2.45, 2.75) is 25.9 Å². The first-order valence-corrected chi connectivity index (χ1v) is 11.3. The van der Waals surface area contributed by atoms with E-state index in [1.807, 2.05) is 24.3 Å². The van der Waals surface area contributed by atoms with E-state index in [-0.39, 0.29) is 18.2 Å². The average molecular weight is 476 g/mol. The standard InChI is InChI=1S/C25H22ClN5O3/c26-19-8-6-18(7-9-19)15-30-23(29-24(32)31(25(30)33)16-17-4-5-17)28-20-10-12-21(13-11-20)34-22-3-1-2-14-27-22/h1-3,6-14,17H,4-5,15-16H2,(H,28,29,32). The Morgan fingerprint density at radius 1 is 0.971 bits per heavy atom. The smallest absolute Gasteiger partial charge is 0.354 e. The van der Waals surface area contributed by atoms with Crippen LogP contribution in [0.1, 0.15) is 18.4 Å². The quantitative estimate of drug-likeness (QED) is 0.405. The van der Waals surface area contributed by atoms with Crippen LogP contribution in [-0.4, -0.2) is 19.1 Å². The van der Waals surface area contributed by atoms with Gasteiger partial charge in [0.1, 0.15) is 5.75 Å². The van der Waals surface area contributed by atoms with Gasteiger partial charge in [0, 0.05) is 29.5 Å².